The van der Waals surface area contributed by atoms with Gasteiger partial charge in [-0.2, -0.15) is 0 Å². The van der Waals surface area contributed by atoms with Crippen LogP contribution in [0, 0.1) is 0 Å². The summed E-state index contributed by atoms with van der Waals surface area (Å²) in [6, 6.07) is 14.5. The van der Waals surface area contributed by atoms with Gasteiger partial charge in [0.15, 0.2) is 4.34 Å². The van der Waals surface area contributed by atoms with Crippen LogP contribution in [-0.4, -0.2) is 16.1 Å². The van der Waals surface area contributed by atoms with E-state index >= 15 is 0 Å². The fourth-order valence-corrected chi connectivity index (χ4v) is 3.86. The van der Waals surface area contributed by atoms with Crippen LogP contribution in [0.15, 0.2) is 52.9 Å². The third kappa shape index (κ3) is 4.48. The number of aromatic nitrogens is 2. The highest BCUT2D eigenvalue weighted by Crippen LogP contribution is 2.30. The van der Waals surface area contributed by atoms with E-state index in [2.05, 4.69) is 15.5 Å². The van der Waals surface area contributed by atoms with E-state index in [1.165, 1.54) is 23.1 Å². The van der Waals surface area contributed by atoms with Crippen molar-refractivity contribution in [1.29, 1.82) is 0 Å². The fraction of sp³-hybridized carbons (Fsp3) is 0.0625. The summed E-state index contributed by atoms with van der Waals surface area (Å²) in [5, 5.41) is 12.4. The van der Waals surface area contributed by atoms with Crippen LogP contribution < -0.4 is 5.32 Å². The molecule has 4 nitrogen and oxygen atoms in total. The van der Waals surface area contributed by atoms with Gasteiger partial charge >= 0.3 is 0 Å². The van der Waals surface area contributed by atoms with Crippen molar-refractivity contribution in [2.24, 2.45) is 0 Å². The van der Waals surface area contributed by atoms with E-state index in [0.29, 0.717) is 26.5 Å². The smallest absolute Gasteiger partial charge is 0.257 e. The molecule has 3 rings (SSSR count). The second-order valence-corrected chi connectivity index (χ2v) is 7.74. The number of anilines is 1. The lowest BCUT2D eigenvalue weighted by molar-refractivity contribution is 0.102. The average Bonchev–Trinajstić information content (AvgIpc) is 3.04. The van der Waals surface area contributed by atoms with Gasteiger partial charge in [0.2, 0.25) is 5.13 Å². The Morgan fingerprint density at radius 2 is 1.88 bits per heavy atom. The van der Waals surface area contributed by atoms with Gasteiger partial charge in [0, 0.05) is 11.3 Å². The zero-order valence-electron chi connectivity index (χ0n) is 12.2. The molecular formula is C16H11Cl2N3OS2. The summed E-state index contributed by atoms with van der Waals surface area (Å²) in [5.41, 5.74) is 1.62. The number of benzene rings is 2. The maximum atomic E-state index is 12.1. The predicted molar refractivity (Wildman–Crippen MR) is 100 cm³/mol. The molecule has 0 aliphatic heterocycles. The first-order valence-corrected chi connectivity index (χ1v) is 9.44. The SMILES string of the molecule is O=C(Nc1nnc(SCc2ccc(Cl)c(Cl)c2)s1)c1ccccc1. The van der Waals surface area contributed by atoms with E-state index in [9.17, 15) is 4.79 Å². The number of amides is 1. The van der Waals surface area contributed by atoms with Crippen LogP contribution in [0.25, 0.3) is 0 Å². The summed E-state index contributed by atoms with van der Waals surface area (Å²) in [6.07, 6.45) is 0. The quantitative estimate of drug-likeness (QED) is 0.464. The van der Waals surface area contributed by atoms with Crippen LogP contribution in [0.5, 0.6) is 0 Å². The van der Waals surface area contributed by atoms with Crippen molar-refractivity contribution in [3.8, 4) is 0 Å². The molecule has 0 saturated heterocycles. The Bertz CT molecular complexity index is 856. The van der Waals surface area contributed by atoms with E-state index in [0.717, 1.165) is 9.90 Å². The van der Waals surface area contributed by atoms with Crippen LogP contribution in [0.4, 0.5) is 5.13 Å². The molecule has 24 heavy (non-hydrogen) atoms. The standard InChI is InChI=1S/C16H11Cl2N3OS2/c17-12-7-6-10(8-13(12)18)9-23-16-21-20-15(24-16)19-14(22)11-4-2-1-3-5-11/h1-8H,9H2,(H,19,20,22). The molecule has 1 N–H and O–H groups in total. The minimum atomic E-state index is -0.201. The molecule has 0 fully saturated rings. The number of rotatable bonds is 5. The summed E-state index contributed by atoms with van der Waals surface area (Å²) >= 11 is 14.8. The highest BCUT2D eigenvalue weighted by Gasteiger charge is 2.10. The fourth-order valence-electron chi connectivity index (χ4n) is 1.85. The first kappa shape index (κ1) is 17.2. The van der Waals surface area contributed by atoms with Crippen molar-refractivity contribution in [3.63, 3.8) is 0 Å². The molecule has 0 radical (unpaired) electrons. The molecule has 1 aromatic heterocycles. The van der Waals surface area contributed by atoms with Crippen LogP contribution in [0.2, 0.25) is 10.0 Å². The number of carbonyl (C=O) groups excluding carboxylic acids is 1. The highest BCUT2D eigenvalue weighted by atomic mass is 35.5. The number of halogens is 2. The molecule has 0 aliphatic carbocycles. The number of nitrogens with zero attached hydrogens (tertiary/aromatic N) is 2. The molecule has 0 saturated carbocycles. The van der Waals surface area contributed by atoms with Crippen LogP contribution >= 0.6 is 46.3 Å². The predicted octanol–water partition coefficient (Wildman–Crippen LogP) is 5.39. The number of thioether (sulfide) groups is 1. The second kappa shape index (κ2) is 7.98. The summed E-state index contributed by atoms with van der Waals surface area (Å²) in [7, 11) is 0. The lowest BCUT2D eigenvalue weighted by Gasteiger charge is -2.01. The molecule has 1 heterocycles. The van der Waals surface area contributed by atoms with Gasteiger partial charge in [-0.3, -0.25) is 10.1 Å². The topological polar surface area (TPSA) is 54.9 Å². The Labute approximate surface area is 157 Å². The van der Waals surface area contributed by atoms with Gasteiger partial charge < -0.3 is 0 Å². The molecule has 0 unspecified atom stereocenters. The summed E-state index contributed by atoms with van der Waals surface area (Å²) < 4.78 is 0.768. The van der Waals surface area contributed by atoms with Crippen LogP contribution in [0.1, 0.15) is 15.9 Å². The van der Waals surface area contributed by atoms with Crippen molar-refractivity contribution >= 4 is 57.3 Å². The third-order valence-corrected chi connectivity index (χ3v) is 5.79. The van der Waals surface area contributed by atoms with Gasteiger partial charge in [0.1, 0.15) is 0 Å². The lowest BCUT2D eigenvalue weighted by Crippen LogP contribution is -2.11. The van der Waals surface area contributed by atoms with Crippen molar-refractivity contribution in [2.45, 2.75) is 10.1 Å². The van der Waals surface area contributed by atoms with Gasteiger partial charge in [-0.25, -0.2) is 0 Å². The number of carbonyl (C=O) groups is 1. The molecule has 0 atom stereocenters. The second-order valence-electron chi connectivity index (χ2n) is 4.73. The molecule has 0 aliphatic rings. The molecule has 3 aromatic rings. The minimum absolute atomic E-state index is 0.201. The lowest BCUT2D eigenvalue weighted by atomic mass is 10.2. The van der Waals surface area contributed by atoms with E-state index < -0.39 is 0 Å². The molecule has 122 valence electrons. The normalized spacial score (nSPS) is 10.6. The number of nitrogens with one attached hydrogen (secondary N) is 1. The van der Waals surface area contributed by atoms with Crippen molar-refractivity contribution in [2.75, 3.05) is 5.32 Å². The van der Waals surface area contributed by atoms with Crippen molar-refractivity contribution in [1.82, 2.24) is 10.2 Å². The van der Waals surface area contributed by atoms with E-state index in [1.54, 1.807) is 18.2 Å². The largest absolute Gasteiger partial charge is 0.296 e. The minimum Gasteiger partial charge on any atom is -0.296 e. The monoisotopic (exact) mass is 395 g/mol. The zero-order valence-corrected chi connectivity index (χ0v) is 15.3. The van der Waals surface area contributed by atoms with E-state index in [4.69, 9.17) is 23.2 Å². The van der Waals surface area contributed by atoms with Crippen molar-refractivity contribution < 1.29 is 4.79 Å². The Balaban J connectivity index is 1.59. The summed E-state index contributed by atoms with van der Waals surface area (Å²) in [6.45, 7) is 0. The molecule has 0 spiro atoms. The molecule has 8 heteroatoms. The Hall–Kier alpha value is -1.60. The van der Waals surface area contributed by atoms with Crippen LogP contribution in [0.3, 0.4) is 0 Å². The maximum Gasteiger partial charge on any atom is 0.257 e. The molecule has 0 bridgehead atoms. The third-order valence-electron chi connectivity index (χ3n) is 3.01. The zero-order chi connectivity index (χ0) is 16.9. The molecule has 1 amide bonds. The number of hydrogen-bond donors (Lipinski definition) is 1. The van der Waals surface area contributed by atoms with Gasteiger partial charge in [-0.05, 0) is 29.8 Å². The first-order chi connectivity index (χ1) is 11.6. The van der Waals surface area contributed by atoms with Gasteiger partial charge in [-0.15, -0.1) is 10.2 Å². The van der Waals surface area contributed by atoms with Crippen LogP contribution in [-0.2, 0) is 5.75 Å². The van der Waals surface area contributed by atoms with Gasteiger partial charge in [0.25, 0.3) is 5.91 Å². The Kier molecular flexibility index (Phi) is 5.73. The van der Waals surface area contributed by atoms with Gasteiger partial charge in [0.05, 0.1) is 10.0 Å². The summed E-state index contributed by atoms with van der Waals surface area (Å²) in [4.78, 5) is 12.1. The van der Waals surface area contributed by atoms with E-state index in [-0.39, 0.29) is 5.91 Å². The molecule has 2 aromatic carbocycles. The van der Waals surface area contributed by atoms with E-state index in [1.807, 2.05) is 30.3 Å². The summed E-state index contributed by atoms with van der Waals surface area (Å²) in [5.74, 6) is 0.491. The first-order valence-electron chi connectivity index (χ1n) is 6.88. The number of hydrogen-bond acceptors (Lipinski definition) is 5. The molecular weight excluding hydrogens is 385 g/mol. The van der Waals surface area contributed by atoms with Gasteiger partial charge in [-0.1, -0.05) is 70.6 Å². The van der Waals surface area contributed by atoms with Crippen molar-refractivity contribution in [3.05, 3.63) is 69.7 Å². The Morgan fingerprint density at radius 3 is 2.62 bits per heavy atom. The highest BCUT2D eigenvalue weighted by molar-refractivity contribution is 8.00. The maximum absolute atomic E-state index is 12.1. The Morgan fingerprint density at radius 1 is 1.08 bits per heavy atom. The average molecular weight is 396 g/mol.